The number of benzene rings is 2. The third-order valence-corrected chi connectivity index (χ3v) is 4.63. The van der Waals surface area contributed by atoms with Crippen molar-refractivity contribution in [3.63, 3.8) is 0 Å². The average Bonchev–Trinajstić information content (AvgIpc) is 2.44. The standard InChI is InChI=1S/C19H20ClNO/c1-12-4-6-18-13(2)9-15-10-17(20)5-7-19(15)21(14(3)22)11-16(18)8-12/h4-8,10,13H,9,11H2,1-3H3/t13-/m1/s1. The van der Waals surface area contributed by atoms with Crippen molar-refractivity contribution in [2.75, 3.05) is 4.90 Å². The third-order valence-electron chi connectivity index (χ3n) is 4.40. The molecule has 1 heterocycles. The van der Waals surface area contributed by atoms with E-state index >= 15 is 0 Å². The first-order valence-electron chi connectivity index (χ1n) is 7.61. The molecule has 1 amide bonds. The van der Waals surface area contributed by atoms with E-state index in [-0.39, 0.29) is 5.91 Å². The molecule has 2 aromatic rings. The van der Waals surface area contributed by atoms with E-state index in [9.17, 15) is 4.79 Å². The number of carbonyl (C=O) groups is 1. The highest BCUT2D eigenvalue weighted by molar-refractivity contribution is 6.30. The molecule has 0 unspecified atom stereocenters. The van der Waals surface area contributed by atoms with Gasteiger partial charge in [-0.25, -0.2) is 0 Å². The lowest BCUT2D eigenvalue weighted by Gasteiger charge is -2.30. The molecule has 1 aliphatic rings. The first kappa shape index (κ1) is 15.1. The van der Waals surface area contributed by atoms with Gasteiger partial charge in [0.05, 0.1) is 6.54 Å². The van der Waals surface area contributed by atoms with Crippen LogP contribution in [0.2, 0.25) is 5.02 Å². The molecule has 0 aliphatic carbocycles. The van der Waals surface area contributed by atoms with Crippen molar-refractivity contribution < 1.29 is 4.79 Å². The van der Waals surface area contributed by atoms with Crippen molar-refractivity contribution >= 4 is 23.2 Å². The summed E-state index contributed by atoms with van der Waals surface area (Å²) in [5, 5.41) is 0.721. The summed E-state index contributed by atoms with van der Waals surface area (Å²) < 4.78 is 0. The van der Waals surface area contributed by atoms with Gasteiger partial charge in [0.25, 0.3) is 0 Å². The van der Waals surface area contributed by atoms with Gasteiger partial charge in [0, 0.05) is 17.6 Å². The number of halogens is 1. The molecule has 0 aromatic heterocycles. The van der Waals surface area contributed by atoms with Crippen LogP contribution in [0, 0.1) is 6.92 Å². The summed E-state index contributed by atoms with van der Waals surface area (Å²) in [5.41, 5.74) is 5.91. The molecular formula is C19H20ClNO. The van der Waals surface area contributed by atoms with Crippen molar-refractivity contribution in [2.24, 2.45) is 0 Å². The van der Waals surface area contributed by atoms with Crippen LogP contribution in [0.4, 0.5) is 5.69 Å². The Hall–Kier alpha value is -1.80. The van der Waals surface area contributed by atoms with Crippen LogP contribution in [0.1, 0.15) is 42.0 Å². The fraction of sp³-hybridized carbons (Fsp3) is 0.316. The molecule has 3 rings (SSSR count). The van der Waals surface area contributed by atoms with E-state index in [1.165, 1.54) is 16.7 Å². The minimum Gasteiger partial charge on any atom is -0.308 e. The maximum Gasteiger partial charge on any atom is 0.224 e. The molecule has 0 radical (unpaired) electrons. The van der Waals surface area contributed by atoms with Crippen molar-refractivity contribution in [3.8, 4) is 0 Å². The number of rotatable bonds is 0. The number of hydrogen-bond donors (Lipinski definition) is 0. The third kappa shape index (κ3) is 2.76. The molecule has 0 saturated heterocycles. The van der Waals surface area contributed by atoms with Gasteiger partial charge in [-0.3, -0.25) is 4.79 Å². The van der Waals surface area contributed by atoms with E-state index in [2.05, 4.69) is 32.0 Å². The first-order chi connectivity index (χ1) is 10.5. The number of anilines is 1. The van der Waals surface area contributed by atoms with Crippen molar-refractivity contribution in [1.29, 1.82) is 0 Å². The highest BCUT2D eigenvalue weighted by Crippen LogP contribution is 2.35. The van der Waals surface area contributed by atoms with Crippen LogP contribution in [0.3, 0.4) is 0 Å². The van der Waals surface area contributed by atoms with Crippen molar-refractivity contribution in [3.05, 3.63) is 63.7 Å². The average molecular weight is 314 g/mol. The largest absolute Gasteiger partial charge is 0.308 e. The van der Waals surface area contributed by atoms with Crippen molar-refractivity contribution in [2.45, 2.75) is 39.7 Å². The van der Waals surface area contributed by atoms with Crippen molar-refractivity contribution in [1.82, 2.24) is 0 Å². The van der Waals surface area contributed by atoms with Crippen LogP contribution in [-0.2, 0) is 17.8 Å². The highest BCUT2D eigenvalue weighted by atomic mass is 35.5. The molecule has 0 N–H and O–H groups in total. The topological polar surface area (TPSA) is 20.3 Å². The Bertz CT molecular complexity index is 738. The Morgan fingerprint density at radius 1 is 1.18 bits per heavy atom. The SMILES string of the molecule is CC(=O)N1Cc2cc(C)ccc2[C@H](C)Cc2cc(Cl)ccc21. The van der Waals surface area contributed by atoms with E-state index in [1.54, 1.807) is 6.92 Å². The lowest BCUT2D eigenvalue weighted by molar-refractivity contribution is -0.116. The summed E-state index contributed by atoms with van der Waals surface area (Å²) in [7, 11) is 0. The number of fused-ring (bicyclic) bond motifs is 2. The Morgan fingerprint density at radius 2 is 1.95 bits per heavy atom. The number of nitrogens with zero attached hydrogens (tertiary/aromatic N) is 1. The second kappa shape index (κ2) is 5.77. The van der Waals surface area contributed by atoms with Gasteiger partial charge >= 0.3 is 0 Å². The zero-order valence-corrected chi connectivity index (χ0v) is 13.9. The maximum atomic E-state index is 12.2. The van der Waals surface area contributed by atoms with Crippen LogP contribution in [0.25, 0.3) is 0 Å². The fourth-order valence-corrected chi connectivity index (χ4v) is 3.50. The fourth-order valence-electron chi connectivity index (χ4n) is 3.31. The monoisotopic (exact) mass is 313 g/mol. The molecule has 114 valence electrons. The van der Waals surface area contributed by atoms with E-state index in [0.717, 1.165) is 22.7 Å². The van der Waals surface area contributed by atoms with Gasteiger partial charge in [0.2, 0.25) is 5.91 Å². The Kier molecular flexibility index (Phi) is 3.96. The normalized spacial score (nSPS) is 17.3. The minimum absolute atomic E-state index is 0.0607. The summed E-state index contributed by atoms with van der Waals surface area (Å²) in [4.78, 5) is 14.0. The van der Waals surface area contributed by atoms with E-state index in [4.69, 9.17) is 11.6 Å². The highest BCUT2D eigenvalue weighted by Gasteiger charge is 2.23. The van der Waals surface area contributed by atoms with Gasteiger partial charge < -0.3 is 4.90 Å². The van der Waals surface area contributed by atoms with Crippen LogP contribution in [0.15, 0.2) is 36.4 Å². The second-order valence-electron chi connectivity index (χ2n) is 6.19. The summed E-state index contributed by atoms with van der Waals surface area (Å²) in [6.07, 6.45) is 0.885. The molecule has 2 aromatic carbocycles. The summed E-state index contributed by atoms with van der Waals surface area (Å²) in [5.74, 6) is 0.465. The Balaban J connectivity index is 2.16. The van der Waals surface area contributed by atoms with E-state index in [1.807, 2.05) is 23.1 Å². The molecule has 0 saturated carbocycles. The number of aryl methyl sites for hydroxylation is 1. The van der Waals surface area contributed by atoms with E-state index in [0.29, 0.717) is 12.5 Å². The Labute approximate surface area is 136 Å². The number of carbonyl (C=O) groups excluding carboxylic acids is 1. The van der Waals surface area contributed by atoms with Gasteiger partial charge in [-0.1, -0.05) is 42.3 Å². The predicted octanol–water partition coefficient (Wildman–Crippen LogP) is 4.86. The summed E-state index contributed by atoms with van der Waals surface area (Å²) in [6.45, 7) is 6.57. The minimum atomic E-state index is 0.0607. The van der Waals surface area contributed by atoms with Gasteiger partial charge in [0.1, 0.15) is 0 Å². The molecule has 0 spiro atoms. The molecular weight excluding hydrogens is 294 g/mol. The van der Waals surface area contributed by atoms with Crippen LogP contribution in [-0.4, -0.2) is 5.91 Å². The van der Waals surface area contributed by atoms with Crippen LogP contribution >= 0.6 is 11.6 Å². The smallest absolute Gasteiger partial charge is 0.224 e. The molecule has 0 fully saturated rings. The zero-order valence-electron chi connectivity index (χ0n) is 13.2. The number of amides is 1. The molecule has 22 heavy (non-hydrogen) atoms. The lowest BCUT2D eigenvalue weighted by atomic mass is 9.87. The summed E-state index contributed by atoms with van der Waals surface area (Å²) in [6, 6.07) is 12.4. The lowest BCUT2D eigenvalue weighted by Crippen LogP contribution is -2.31. The quantitative estimate of drug-likeness (QED) is 0.680. The van der Waals surface area contributed by atoms with Gasteiger partial charge in [-0.05, 0) is 54.2 Å². The van der Waals surface area contributed by atoms with Crippen LogP contribution < -0.4 is 4.90 Å². The molecule has 3 heteroatoms. The van der Waals surface area contributed by atoms with Crippen LogP contribution in [0.5, 0.6) is 0 Å². The molecule has 1 aliphatic heterocycles. The Morgan fingerprint density at radius 3 is 2.68 bits per heavy atom. The first-order valence-corrected chi connectivity index (χ1v) is 7.99. The zero-order chi connectivity index (χ0) is 15.9. The molecule has 0 bridgehead atoms. The van der Waals surface area contributed by atoms with Gasteiger partial charge in [0.15, 0.2) is 0 Å². The predicted molar refractivity (Wildman–Crippen MR) is 91.6 cm³/mol. The van der Waals surface area contributed by atoms with E-state index < -0.39 is 0 Å². The second-order valence-corrected chi connectivity index (χ2v) is 6.62. The van der Waals surface area contributed by atoms with Gasteiger partial charge in [-0.2, -0.15) is 0 Å². The summed E-state index contributed by atoms with van der Waals surface area (Å²) >= 11 is 6.16. The number of hydrogen-bond acceptors (Lipinski definition) is 1. The molecule has 2 nitrogen and oxygen atoms in total. The van der Waals surface area contributed by atoms with Gasteiger partial charge in [-0.15, -0.1) is 0 Å². The maximum absolute atomic E-state index is 12.2. The molecule has 1 atom stereocenters.